The van der Waals surface area contributed by atoms with E-state index in [0.29, 0.717) is 0 Å². The molecule has 0 aromatic carbocycles. The van der Waals surface area contributed by atoms with Crippen LogP contribution in [0.15, 0.2) is 12.7 Å². The molecule has 1 aliphatic carbocycles. The highest BCUT2D eigenvalue weighted by atomic mass is 14.3. The van der Waals surface area contributed by atoms with Gasteiger partial charge in [-0.15, -0.1) is 6.58 Å². The molecule has 2 atom stereocenters. The van der Waals surface area contributed by atoms with Gasteiger partial charge in [-0.25, -0.2) is 0 Å². The standard InChI is InChI=1S/C15H28/c1-3-5-6-7-11-15-13-9-8-12-14(15)10-4-2/h4,14-15H,2-3,5-13H2,1H3. The Morgan fingerprint density at radius 3 is 2.47 bits per heavy atom. The molecule has 0 aromatic heterocycles. The maximum atomic E-state index is 3.90. The van der Waals surface area contributed by atoms with Crippen LogP contribution in [0.4, 0.5) is 0 Å². The predicted octanol–water partition coefficient (Wildman–Crippen LogP) is 5.34. The van der Waals surface area contributed by atoms with Gasteiger partial charge in [-0.2, -0.15) is 0 Å². The van der Waals surface area contributed by atoms with Gasteiger partial charge in [-0.05, 0) is 24.7 Å². The van der Waals surface area contributed by atoms with Crippen LogP contribution in [0.25, 0.3) is 0 Å². The van der Waals surface area contributed by atoms with Gasteiger partial charge in [0.25, 0.3) is 0 Å². The van der Waals surface area contributed by atoms with Crippen LogP contribution in [0.5, 0.6) is 0 Å². The van der Waals surface area contributed by atoms with Crippen LogP contribution in [0.2, 0.25) is 0 Å². The molecule has 0 spiro atoms. The molecule has 0 amide bonds. The van der Waals surface area contributed by atoms with Gasteiger partial charge in [-0.1, -0.05) is 64.4 Å². The zero-order valence-electron chi connectivity index (χ0n) is 10.5. The Labute approximate surface area is 96.2 Å². The Kier molecular flexibility index (Phi) is 6.80. The third-order valence-corrected chi connectivity index (χ3v) is 3.96. The maximum Gasteiger partial charge on any atom is -0.0322 e. The molecular weight excluding hydrogens is 180 g/mol. The van der Waals surface area contributed by atoms with Crippen LogP contribution in [-0.4, -0.2) is 0 Å². The molecule has 1 rings (SSSR count). The summed E-state index contributed by atoms with van der Waals surface area (Å²) < 4.78 is 0. The van der Waals surface area contributed by atoms with E-state index in [-0.39, 0.29) is 0 Å². The van der Waals surface area contributed by atoms with E-state index in [9.17, 15) is 0 Å². The number of hydrogen-bond acceptors (Lipinski definition) is 0. The molecule has 0 aromatic rings. The fourth-order valence-electron chi connectivity index (χ4n) is 3.02. The molecule has 0 bridgehead atoms. The molecule has 0 heteroatoms. The first-order valence-corrected chi connectivity index (χ1v) is 6.99. The monoisotopic (exact) mass is 208 g/mol. The van der Waals surface area contributed by atoms with Gasteiger partial charge in [0.05, 0.1) is 0 Å². The van der Waals surface area contributed by atoms with Crippen molar-refractivity contribution in [2.24, 2.45) is 11.8 Å². The third-order valence-electron chi connectivity index (χ3n) is 3.96. The largest absolute Gasteiger partial charge is 0.103 e. The van der Waals surface area contributed by atoms with E-state index in [1.54, 1.807) is 0 Å². The summed E-state index contributed by atoms with van der Waals surface area (Å²) in [5.74, 6) is 1.99. The molecular formula is C15H28. The summed E-state index contributed by atoms with van der Waals surface area (Å²) in [6.45, 7) is 6.19. The molecule has 0 nitrogen and oxygen atoms in total. The van der Waals surface area contributed by atoms with Crippen LogP contribution in [0.1, 0.15) is 71.1 Å². The summed E-state index contributed by atoms with van der Waals surface area (Å²) in [4.78, 5) is 0. The van der Waals surface area contributed by atoms with Crippen molar-refractivity contribution < 1.29 is 0 Å². The maximum absolute atomic E-state index is 3.90. The van der Waals surface area contributed by atoms with E-state index in [1.165, 1.54) is 64.2 Å². The van der Waals surface area contributed by atoms with Gasteiger partial charge in [-0.3, -0.25) is 0 Å². The highest BCUT2D eigenvalue weighted by Gasteiger charge is 2.23. The summed E-state index contributed by atoms with van der Waals surface area (Å²) >= 11 is 0. The van der Waals surface area contributed by atoms with E-state index >= 15 is 0 Å². The Hall–Kier alpha value is -0.260. The zero-order chi connectivity index (χ0) is 10.9. The van der Waals surface area contributed by atoms with Crippen LogP contribution < -0.4 is 0 Å². The topological polar surface area (TPSA) is 0 Å². The highest BCUT2D eigenvalue weighted by Crippen LogP contribution is 2.35. The minimum absolute atomic E-state index is 0.970. The number of unbranched alkanes of at least 4 members (excludes halogenated alkanes) is 3. The van der Waals surface area contributed by atoms with Crippen molar-refractivity contribution in [1.82, 2.24) is 0 Å². The first-order valence-electron chi connectivity index (χ1n) is 6.99. The van der Waals surface area contributed by atoms with E-state index in [2.05, 4.69) is 19.6 Å². The number of allylic oxidation sites excluding steroid dienone is 1. The lowest BCUT2D eigenvalue weighted by molar-refractivity contribution is 0.220. The summed E-state index contributed by atoms with van der Waals surface area (Å²) in [6.07, 6.45) is 16.5. The average molecular weight is 208 g/mol. The molecule has 0 aliphatic heterocycles. The van der Waals surface area contributed by atoms with E-state index in [4.69, 9.17) is 0 Å². The second-order valence-corrected chi connectivity index (χ2v) is 5.18. The van der Waals surface area contributed by atoms with Crippen LogP contribution in [0, 0.1) is 11.8 Å². The highest BCUT2D eigenvalue weighted by molar-refractivity contribution is 4.81. The number of hydrogen-bond donors (Lipinski definition) is 0. The average Bonchev–Trinajstić information content (AvgIpc) is 2.27. The van der Waals surface area contributed by atoms with Crippen LogP contribution >= 0.6 is 0 Å². The fourth-order valence-corrected chi connectivity index (χ4v) is 3.02. The lowest BCUT2D eigenvalue weighted by Gasteiger charge is -2.31. The van der Waals surface area contributed by atoms with E-state index in [0.717, 1.165) is 11.8 Å². The molecule has 2 unspecified atom stereocenters. The minimum Gasteiger partial charge on any atom is -0.103 e. The SMILES string of the molecule is C=CCC1CCCCC1CCCCCC. The molecule has 0 N–H and O–H groups in total. The van der Waals surface area contributed by atoms with E-state index in [1.807, 2.05) is 0 Å². The Morgan fingerprint density at radius 1 is 1.07 bits per heavy atom. The van der Waals surface area contributed by atoms with Crippen molar-refractivity contribution in [3.63, 3.8) is 0 Å². The Morgan fingerprint density at radius 2 is 1.80 bits per heavy atom. The van der Waals surface area contributed by atoms with Crippen LogP contribution in [-0.2, 0) is 0 Å². The van der Waals surface area contributed by atoms with Gasteiger partial charge in [0.2, 0.25) is 0 Å². The Bertz CT molecular complexity index is 159. The van der Waals surface area contributed by atoms with Crippen molar-refractivity contribution in [3.05, 3.63) is 12.7 Å². The van der Waals surface area contributed by atoms with Gasteiger partial charge in [0.15, 0.2) is 0 Å². The first-order chi connectivity index (χ1) is 7.38. The summed E-state index contributed by atoms with van der Waals surface area (Å²) in [7, 11) is 0. The summed E-state index contributed by atoms with van der Waals surface area (Å²) in [5.41, 5.74) is 0. The van der Waals surface area contributed by atoms with Crippen LogP contribution in [0.3, 0.4) is 0 Å². The first kappa shape index (κ1) is 12.8. The second kappa shape index (κ2) is 7.96. The smallest absolute Gasteiger partial charge is 0.0322 e. The van der Waals surface area contributed by atoms with Gasteiger partial charge < -0.3 is 0 Å². The van der Waals surface area contributed by atoms with Gasteiger partial charge in [0.1, 0.15) is 0 Å². The molecule has 0 saturated heterocycles. The zero-order valence-corrected chi connectivity index (χ0v) is 10.5. The van der Waals surface area contributed by atoms with Crippen molar-refractivity contribution in [2.75, 3.05) is 0 Å². The fraction of sp³-hybridized carbons (Fsp3) is 0.867. The lowest BCUT2D eigenvalue weighted by Crippen LogP contribution is -2.18. The van der Waals surface area contributed by atoms with Gasteiger partial charge in [0, 0.05) is 0 Å². The molecule has 15 heavy (non-hydrogen) atoms. The molecule has 1 fully saturated rings. The molecule has 1 aliphatic rings. The third kappa shape index (κ3) is 4.86. The van der Waals surface area contributed by atoms with Gasteiger partial charge >= 0.3 is 0 Å². The molecule has 0 heterocycles. The second-order valence-electron chi connectivity index (χ2n) is 5.18. The summed E-state index contributed by atoms with van der Waals surface area (Å²) in [5, 5.41) is 0. The quantitative estimate of drug-likeness (QED) is 0.391. The van der Waals surface area contributed by atoms with Crippen molar-refractivity contribution in [1.29, 1.82) is 0 Å². The minimum atomic E-state index is 0.970. The lowest BCUT2D eigenvalue weighted by atomic mass is 9.75. The summed E-state index contributed by atoms with van der Waals surface area (Å²) in [6, 6.07) is 0. The number of rotatable bonds is 7. The molecule has 88 valence electrons. The van der Waals surface area contributed by atoms with Crippen molar-refractivity contribution in [3.8, 4) is 0 Å². The normalized spacial score (nSPS) is 26.5. The molecule has 1 saturated carbocycles. The van der Waals surface area contributed by atoms with E-state index < -0.39 is 0 Å². The predicted molar refractivity (Wildman–Crippen MR) is 69.0 cm³/mol. The van der Waals surface area contributed by atoms with Crippen molar-refractivity contribution >= 4 is 0 Å². The Balaban J connectivity index is 2.20. The molecule has 0 radical (unpaired) electrons. The van der Waals surface area contributed by atoms with Crippen molar-refractivity contribution in [2.45, 2.75) is 71.1 Å².